The summed E-state index contributed by atoms with van der Waals surface area (Å²) in [7, 11) is 2.32. The van der Waals surface area contributed by atoms with Crippen LogP contribution in [0.4, 0.5) is 0 Å². The molecule has 0 radical (unpaired) electrons. The first kappa shape index (κ1) is 20.9. The van der Waals surface area contributed by atoms with Crippen molar-refractivity contribution in [2.75, 3.05) is 13.6 Å². The van der Waals surface area contributed by atoms with Gasteiger partial charge in [0, 0.05) is 25.4 Å². The Morgan fingerprint density at radius 3 is 2.81 bits per heavy atom. The number of rotatable bonds is 0. The summed E-state index contributed by atoms with van der Waals surface area (Å²) in [6.07, 6.45) is 13.5. The number of hydrogen-bond donors (Lipinski definition) is 0. The number of likely N-dealkylation sites (tertiary alicyclic amines) is 1. The minimum atomic E-state index is 0.100. The maximum Gasteiger partial charge on any atom is 0.133 e. The van der Waals surface area contributed by atoms with E-state index in [9.17, 15) is 4.79 Å². The number of hydrogen-bond acceptors (Lipinski definition) is 3. The molecule has 2 heterocycles. The van der Waals surface area contributed by atoms with Gasteiger partial charge in [0.1, 0.15) is 5.78 Å². The number of likely N-dealkylation sites (N-methyl/N-ethyl adjacent to an activating group) is 1. The zero-order valence-corrected chi connectivity index (χ0v) is 20.3. The van der Waals surface area contributed by atoms with E-state index < -0.39 is 0 Å². The van der Waals surface area contributed by atoms with Gasteiger partial charge in [-0.3, -0.25) is 4.79 Å². The van der Waals surface area contributed by atoms with Gasteiger partial charge in [0.2, 0.25) is 0 Å². The summed E-state index contributed by atoms with van der Waals surface area (Å²) in [6, 6.07) is 0.633. The number of allylic oxidation sites excluding steroid dienone is 1. The van der Waals surface area contributed by atoms with Crippen molar-refractivity contribution in [3.8, 4) is 0 Å². The van der Waals surface area contributed by atoms with Gasteiger partial charge in [-0.25, -0.2) is 0 Å². The molecule has 0 amide bonds. The van der Waals surface area contributed by atoms with E-state index in [2.05, 4.69) is 32.7 Å². The Balaban J connectivity index is 1.26. The first-order chi connectivity index (χ1) is 14.8. The van der Waals surface area contributed by atoms with E-state index in [-0.39, 0.29) is 5.60 Å². The number of Topliss-reactive ketones (excluding diaryl/α,β-unsaturated/α-hetero) is 1. The molecule has 9 atom stereocenters. The van der Waals surface area contributed by atoms with E-state index >= 15 is 0 Å². The summed E-state index contributed by atoms with van der Waals surface area (Å²) in [5.74, 6) is 4.42. The molecular weight excluding hydrogens is 382 g/mol. The minimum Gasteiger partial charge on any atom is -0.370 e. The number of ether oxygens (including phenoxy) is 1. The molecule has 3 nitrogen and oxygen atoms in total. The largest absolute Gasteiger partial charge is 0.370 e. The molecule has 3 saturated carbocycles. The molecule has 172 valence electrons. The monoisotopic (exact) mass is 425 g/mol. The van der Waals surface area contributed by atoms with Crippen LogP contribution in [0, 0.1) is 35.0 Å². The second-order valence-corrected chi connectivity index (χ2v) is 13.0. The minimum absolute atomic E-state index is 0.100. The van der Waals surface area contributed by atoms with E-state index in [4.69, 9.17) is 4.74 Å². The third kappa shape index (κ3) is 3.15. The number of nitrogens with zero attached hydrogens (tertiary/aromatic N) is 1. The predicted molar refractivity (Wildman–Crippen MR) is 124 cm³/mol. The molecule has 0 N–H and O–H groups in total. The van der Waals surface area contributed by atoms with Crippen molar-refractivity contribution in [2.45, 2.75) is 109 Å². The zero-order valence-electron chi connectivity index (χ0n) is 20.3. The summed E-state index contributed by atoms with van der Waals surface area (Å²) < 4.78 is 6.99. The molecule has 6 aliphatic rings. The van der Waals surface area contributed by atoms with Gasteiger partial charge in [0.15, 0.2) is 0 Å². The third-order valence-electron chi connectivity index (χ3n) is 11.2. The number of fused-ring (bicyclic) bond motifs is 6. The number of ketones is 1. The predicted octanol–water partition coefficient (Wildman–Crippen LogP) is 5.78. The van der Waals surface area contributed by atoms with Crippen molar-refractivity contribution >= 4 is 5.78 Å². The van der Waals surface area contributed by atoms with Gasteiger partial charge in [0.25, 0.3) is 0 Å². The molecule has 4 aliphatic carbocycles. The van der Waals surface area contributed by atoms with Crippen LogP contribution in [-0.2, 0) is 9.53 Å². The van der Waals surface area contributed by atoms with Crippen molar-refractivity contribution in [2.24, 2.45) is 35.0 Å². The molecule has 2 aliphatic heterocycles. The van der Waals surface area contributed by atoms with Crippen molar-refractivity contribution < 1.29 is 9.53 Å². The summed E-state index contributed by atoms with van der Waals surface area (Å²) in [5, 5.41) is 0. The molecule has 3 heteroatoms. The molecular formula is C28H43NO2. The van der Waals surface area contributed by atoms with Crippen LogP contribution in [0.5, 0.6) is 0 Å². The summed E-state index contributed by atoms with van der Waals surface area (Å²) in [4.78, 5) is 14.8. The van der Waals surface area contributed by atoms with Crippen LogP contribution in [0.25, 0.3) is 0 Å². The highest BCUT2D eigenvalue weighted by atomic mass is 16.5. The van der Waals surface area contributed by atoms with Crippen LogP contribution in [-0.4, -0.2) is 42.0 Å². The van der Waals surface area contributed by atoms with Crippen LogP contribution in [0.1, 0.15) is 91.4 Å². The van der Waals surface area contributed by atoms with Crippen molar-refractivity contribution in [1.82, 2.24) is 4.90 Å². The molecule has 0 aromatic heterocycles. The maximum absolute atomic E-state index is 12.2. The lowest BCUT2D eigenvalue weighted by molar-refractivity contribution is -0.129. The summed E-state index contributed by atoms with van der Waals surface area (Å²) >= 11 is 0. The lowest BCUT2D eigenvalue weighted by Gasteiger charge is -2.52. The molecule has 5 fully saturated rings. The lowest BCUT2D eigenvalue weighted by Crippen LogP contribution is -2.46. The first-order valence-electron chi connectivity index (χ1n) is 13.4. The van der Waals surface area contributed by atoms with Gasteiger partial charge in [-0.15, -0.1) is 0 Å². The SMILES string of the molecule is CC1=C2C[C@H]3[C@@H](CC[C@@H]4CC(=O)CC[C@@]43C)[C@@H]2CC[C@]2(C1)CC1[C@@H](C[C@H](C)CN1C)O2. The highest BCUT2D eigenvalue weighted by Gasteiger charge is 2.58. The van der Waals surface area contributed by atoms with E-state index in [1.165, 1.54) is 57.9 Å². The standard InChI is InChI=1S/C28H43NO2/c1-17-11-26-25(29(4)16-17)15-28(31-26)10-8-21-22-6-5-19-12-20(30)7-9-27(19,3)24(22)13-23(21)18(2)14-28/h17,19,21-22,24-26H,5-16H2,1-4H3/t17-,19+,21-,22-,24-,25?,26+,27-,28-/m0/s1. The van der Waals surface area contributed by atoms with Crippen LogP contribution in [0.2, 0.25) is 0 Å². The van der Waals surface area contributed by atoms with Crippen molar-refractivity contribution in [3.63, 3.8) is 0 Å². The van der Waals surface area contributed by atoms with E-state index in [1.54, 1.807) is 5.57 Å². The second-order valence-electron chi connectivity index (χ2n) is 13.0. The average Bonchev–Trinajstić information content (AvgIpc) is 3.23. The smallest absolute Gasteiger partial charge is 0.133 e. The van der Waals surface area contributed by atoms with Gasteiger partial charge in [-0.1, -0.05) is 25.0 Å². The highest BCUT2D eigenvalue weighted by Crippen LogP contribution is 2.64. The van der Waals surface area contributed by atoms with E-state index in [1.807, 2.05) is 5.57 Å². The maximum atomic E-state index is 12.2. The molecule has 1 spiro atoms. The molecule has 0 aromatic carbocycles. The number of carbonyl (C=O) groups is 1. The Labute approximate surface area is 189 Å². The van der Waals surface area contributed by atoms with Crippen molar-refractivity contribution in [1.29, 1.82) is 0 Å². The van der Waals surface area contributed by atoms with Crippen molar-refractivity contribution in [3.05, 3.63) is 11.1 Å². The second kappa shape index (κ2) is 7.16. The molecule has 1 unspecified atom stereocenters. The molecule has 0 bridgehead atoms. The fraction of sp³-hybridized carbons (Fsp3) is 0.893. The summed E-state index contributed by atoms with van der Waals surface area (Å²) in [6.45, 7) is 8.64. The number of carbonyl (C=O) groups excluding carboxylic acids is 1. The topological polar surface area (TPSA) is 29.5 Å². The Hall–Kier alpha value is -0.670. The lowest BCUT2D eigenvalue weighted by atomic mass is 9.52. The van der Waals surface area contributed by atoms with Gasteiger partial charge in [0.05, 0.1) is 11.7 Å². The number of piperidine rings is 1. The van der Waals surface area contributed by atoms with Crippen LogP contribution in [0.3, 0.4) is 0 Å². The Morgan fingerprint density at radius 1 is 1.13 bits per heavy atom. The fourth-order valence-electron chi connectivity index (χ4n) is 9.70. The fourth-order valence-corrected chi connectivity index (χ4v) is 9.70. The van der Waals surface area contributed by atoms with Crippen LogP contribution in [0.15, 0.2) is 11.1 Å². The average molecular weight is 426 g/mol. The Bertz CT molecular complexity index is 803. The van der Waals surface area contributed by atoms with Gasteiger partial charge in [-0.2, -0.15) is 0 Å². The van der Waals surface area contributed by atoms with Crippen LogP contribution >= 0.6 is 0 Å². The van der Waals surface area contributed by atoms with Gasteiger partial charge < -0.3 is 9.64 Å². The molecule has 0 aromatic rings. The zero-order chi connectivity index (χ0) is 21.5. The first-order valence-corrected chi connectivity index (χ1v) is 13.4. The van der Waals surface area contributed by atoms with E-state index in [0.717, 1.165) is 42.9 Å². The van der Waals surface area contributed by atoms with Gasteiger partial charge >= 0.3 is 0 Å². The Morgan fingerprint density at radius 2 is 1.97 bits per heavy atom. The highest BCUT2D eigenvalue weighted by molar-refractivity contribution is 5.79. The van der Waals surface area contributed by atoms with Crippen LogP contribution < -0.4 is 0 Å². The molecule has 31 heavy (non-hydrogen) atoms. The summed E-state index contributed by atoms with van der Waals surface area (Å²) in [5.41, 5.74) is 4.01. The van der Waals surface area contributed by atoms with E-state index in [0.29, 0.717) is 29.3 Å². The third-order valence-corrected chi connectivity index (χ3v) is 11.2. The molecule has 2 saturated heterocycles. The van der Waals surface area contributed by atoms with Gasteiger partial charge in [-0.05, 0) is 107 Å². The normalized spacial score (nSPS) is 52.5. The Kier molecular flexibility index (Phi) is 4.83. The quantitative estimate of drug-likeness (QED) is 0.461. The molecule has 6 rings (SSSR count).